The van der Waals surface area contributed by atoms with Crippen LogP contribution in [-0.2, 0) is 16.1 Å². The van der Waals surface area contributed by atoms with Gasteiger partial charge in [-0.05, 0) is 47.1 Å². The van der Waals surface area contributed by atoms with Crippen LogP contribution in [0.3, 0.4) is 0 Å². The molecule has 0 bridgehead atoms. The summed E-state index contributed by atoms with van der Waals surface area (Å²) in [5, 5.41) is 2.56. The van der Waals surface area contributed by atoms with Crippen LogP contribution in [0.5, 0.6) is 0 Å². The lowest BCUT2D eigenvalue weighted by atomic mass is 9.98. The molecule has 3 aliphatic rings. The number of nitrogens with zero attached hydrogens (tertiary/aromatic N) is 2. The van der Waals surface area contributed by atoms with E-state index in [1.165, 1.54) is 11.1 Å². The molecule has 2 aromatic rings. The molecule has 2 aliphatic heterocycles. The Hall–Kier alpha value is -3.41. The smallest absolute Gasteiger partial charge is 0.413 e. The maximum atomic E-state index is 12.6. The largest absolute Gasteiger partial charge is 0.444 e. The molecule has 1 fully saturated rings. The van der Waals surface area contributed by atoms with Gasteiger partial charge in [-0.1, -0.05) is 36.4 Å². The average Bonchev–Trinajstić information content (AvgIpc) is 3.32. The van der Waals surface area contributed by atoms with Crippen LogP contribution in [0.1, 0.15) is 23.1 Å². The highest BCUT2D eigenvalue weighted by Crippen LogP contribution is 2.40. The van der Waals surface area contributed by atoms with Gasteiger partial charge in [0, 0.05) is 30.9 Å². The second-order valence-corrected chi connectivity index (χ2v) is 7.74. The first-order valence-corrected chi connectivity index (χ1v) is 9.81. The predicted octanol–water partition coefficient (Wildman–Crippen LogP) is 3.72. The number of hydrogen-bond acceptors (Lipinski definition) is 4. The third-order valence-corrected chi connectivity index (χ3v) is 5.83. The summed E-state index contributed by atoms with van der Waals surface area (Å²) in [6, 6.07) is 12.4. The Labute approximate surface area is 168 Å². The Morgan fingerprint density at radius 3 is 2.93 bits per heavy atom. The Morgan fingerprint density at radius 1 is 1.24 bits per heavy atom. The summed E-state index contributed by atoms with van der Waals surface area (Å²) >= 11 is 0. The minimum atomic E-state index is -0.493. The molecular weight excluding hydrogens is 366 g/mol. The first kappa shape index (κ1) is 17.7. The Morgan fingerprint density at radius 2 is 2.10 bits per heavy atom. The molecule has 3 heterocycles. The number of nitrogens with one attached hydrogen (secondary N) is 1. The van der Waals surface area contributed by atoms with Crippen molar-refractivity contribution >= 4 is 29.5 Å². The molecule has 1 aliphatic carbocycles. The minimum Gasteiger partial charge on any atom is -0.444 e. The molecule has 1 aromatic carbocycles. The van der Waals surface area contributed by atoms with Crippen LogP contribution in [0.15, 0.2) is 54.7 Å². The second kappa shape index (κ2) is 7.20. The molecule has 2 unspecified atom stereocenters. The van der Waals surface area contributed by atoms with Crippen molar-refractivity contribution in [2.45, 2.75) is 13.0 Å². The van der Waals surface area contributed by atoms with Crippen molar-refractivity contribution in [3.05, 3.63) is 71.4 Å². The van der Waals surface area contributed by atoms with Gasteiger partial charge < -0.3 is 9.64 Å². The van der Waals surface area contributed by atoms with Gasteiger partial charge in [0.15, 0.2) is 0 Å². The maximum Gasteiger partial charge on any atom is 0.413 e. The van der Waals surface area contributed by atoms with Crippen LogP contribution < -0.4 is 5.32 Å². The molecule has 0 spiro atoms. The molecule has 0 radical (unpaired) electrons. The Balaban J connectivity index is 1.23. The van der Waals surface area contributed by atoms with Gasteiger partial charge in [0.1, 0.15) is 12.4 Å². The highest BCUT2D eigenvalue weighted by molar-refractivity contribution is 5.92. The number of anilines is 1. The average molecular weight is 387 g/mol. The Bertz CT molecular complexity index is 1030. The van der Waals surface area contributed by atoms with Crippen LogP contribution in [0, 0.1) is 11.8 Å². The highest BCUT2D eigenvalue weighted by Gasteiger charge is 2.37. The summed E-state index contributed by atoms with van der Waals surface area (Å²) in [6.45, 7) is 1.75. The third kappa shape index (κ3) is 3.53. The summed E-state index contributed by atoms with van der Waals surface area (Å²) in [4.78, 5) is 30.0. The molecule has 2 amide bonds. The van der Waals surface area contributed by atoms with Gasteiger partial charge >= 0.3 is 6.09 Å². The zero-order chi connectivity index (χ0) is 19.8. The number of likely N-dealkylation sites (tertiary alicyclic amines) is 1. The van der Waals surface area contributed by atoms with Gasteiger partial charge in [-0.2, -0.15) is 0 Å². The van der Waals surface area contributed by atoms with Crippen molar-refractivity contribution in [3.8, 4) is 0 Å². The number of carbonyl (C=O) groups is 2. The van der Waals surface area contributed by atoms with Crippen LogP contribution in [-0.4, -0.2) is 35.0 Å². The topological polar surface area (TPSA) is 71.5 Å². The molecular formula is C23H21N3O3. The van der Waals surface area contributed by atoms with E-state index in [9.17, 15) is 9.59 Å². The zero-order valence-electron chi connectivity index (χ0n) is 15.9. The molecule has 1 saturated heterocycles. The first-order chi connectivity index (χ1) is 14.2. The maximum absolute atomic E-state index is 12.6. The number of pyridine rings is 1. The lowest BCUT2D eigenvalue weighted by molar-refractivity contribution is -0.125. The number of hydrogen-bond donors (Lipinski definition) is 1. The van der Waals surface area contributed by atoms with Crippen molar-refractivity contribution in [1.29, 1.82) is 0 Å². The number of carbonyl (C=O) groups excluding carboxylic acids is 2. The van der Waals surface area contributed by atoms with E-state index in [0.717, 1.165) is 30.6 Å². The number of benzene rings is 1. The van der Waals surface area contributed by atoms with Gasteiger partial charge in [-0.3, -0.25) is 10.1 Å². The van der Waals surface area contributed by atoms with Crippen molar-refractivity contribution in [2.75, 3.05) is 18.4 Å². The molecule has 146 valence electrons. The SMILES string of the molecule is O=C1Nc2ncc(/C=C/C(=O)N3CC4C=C(c5ccccc5)CC4C3)cc2CO1. The van der Waals surface area contributed by atoms with Crippen molar-refractivity contribution in [1.82, 2.24) is 9.88 Å². The molecule has 6 nitrogen and oxygen atoms in total. The number of aromatic nitrogens is 1. The number of cyclic esters (lactones) is 1. The molecule has 5 rings (SSSR count). The molecule has 1 aromatic heterocycles. The van der Waals surface area contributed by atoms with E-state index in [1.54, 1.807) is 18.3 Å². The molecule has 6 heteroatoms. The van der Waals surface area contributed by atoms with Crippen molar-refractivity contribution < 1.29 is 14.3 Å². The van der Waals surface area contributed by atoms with Gasteiger partial charge in [-0.25, -0.2) is 9.78 Å². The van der Waals surface area contributed by atoms with Crippen LogP contribution >= 0.6 is 0 Å². The number of amides is 2. The van der Waals surface area contributed by atoms with E-state index in [2.05, 4.69) is 40.6 Å². The van der Waals surface area contributed by atoms with Crippen LogP contribution in [0.4, 0.5) is 10.6 Å². The fourth-order valence-corrected chi connectivity index (χ4v) is 4.35. The van der Waals surface area contributed by atoms with E-state index in [4.69, 9.17) is 4.74 Å². The number of allylic oxidation sites excluding steroid dienone is 1. The van der Waals surface area contributed by atoms with E-state index in [-0.39, 0.29) is 12.5 Å². The van der Waals surface area contributed by atoms with Gasteiger partial charge in [-0.15, -0.1) is 0 Å². The lowest BCUT2D eigenvalue weighted by Gasteiger charge is -2.16. The quantitative estimate of drug-likeness (QED) is 0.815. The standard InChI is InChI=1S/C23H21N3O3/c27-21(7-6-15-8-20-14-29-23(28)25-22(20)24-11-15)26-12-18-9-17(10-19(18)13-26)16-4-2-1-3-5-16/h1-9,11,18-19H,10,12-14H2,(H,24,25,28)/b7-6+. The fourth-order valence-electron chi connectivity index (χ4n) is 4.35. The number of rotatable bonds is 3. The van der Waals surface area contributed by atoms with Crippen molar-refractivity contribution in [2.24, 2.45) is 11.8 Å². The minimum absolute atomic E-state index is 0.0244. The number of ether oxygens (including phenoxy) is 1. The molecule has 29 heavy (non-hydrogen) atoms. The summed E-state index contributed by atoms with van der Waals surface area (Å²) in [7, 11) is 0. The fraction of sp³-hybridized carbons (Fsp3) is 0.261. The predicted molar refractivity (Wildman–Crippen MR) is 110 cm³/mol. The second-order valence-electron chi connectivity index (χ2n) is 7.74. The van der Waals surface area contributed by atoms with E-state index in [1.807, 2.05) is 17.0 Å². The van der Waals surface area contributed by atoms with E-state index >= 15 is 0 Å². The van der Waals surface area contributed by atoms with Gasteiger partial charge in [0.25, 0.3) is 0 Å². The molecule has 2 atom stereocenters. The van der Waals surface area contributed by atoms with Gasteiger partial charge in [0.2, 0.25) is 5.91 Å². The molecule has 1 N–H and O–H groups in total. The number of fused-ring (bicyclic) bond motifs is 2. The van der Waals surface area contributed by atoms with Crippen molar-refractivity contribution in [3.63, 3.8) is 0 Å². The summed E-state index contributed by atoms with van der Waals surface area (Å²) < 4.78 is 4.95. The highest BCUT2D eigenvalue weighted by atomic mass is 16.5. The summed E-state index contributed by atoms with van der Waals surface area (Å²) in [5.41, 5.74) is 4.30. The summed E-state index contributed by atoms with van der Waals surface area (Å²) in [5.74, 6) is 1.48. The summed E-state index contributed by atoms with van der Waals surface area (Å²) in [6.07, 6.45) is 7.90. The Kier molecular flexibility index (Phi) is 4.39. The van der Waals surface area contributed by atoms with Gasteiger partial charge in [0.05, 0.1) is 0 Å². The van der Waals surface area contributed by atoms with E-state index in [0.29, 0.717) is 17.7 Å². The first-order valence-electron chi connectivity index (χ1n) is 9.81. The van der Waals surface area contributed by atoms with E-state index < -0.39 is 6.09 Å². The third-order valence-electron chi connectivity index (χ3n) is 5.83. The lowest BCUT2D eigenvalue weighted by Crippen LogP contribution is -2.27. The van der Waals surface area contributed by atoms with Crippen LogP contribution in [0.2, 0.25) is 0 Å². The zero-order valence-corrected chi connectivity index (χ0v) is 15.9. The molecule has 0 saturated carbocycles. The monoisotopic (exact) mass is 387 g/mol. The normalized spacial score (nSPS) is 22.7. The van der Waals surface area contributed by atoms with Crippen LogP contribution in [0.25, 0.3) is 11.6 Å².